The number of halogens is 1. The Hall–Kier alpha value is -1.79. The minimum atomic E-state index is -1.13. The molecule has 0 atom stereocenters. The van der Waals surface area contributed by atoms with Gasteiger partial charge >= 0.3 is 5.97 Å². The largest absolute Gasteiger partial charge is 0.493 e. The van der Waals surface area contributed by atoms with Crippen LogP contribution in [0.2, 0.25) is 5.02 Å². The highest BCUT2D eigenvalue weighted by Crippen LogP contribution is 2.35. The smallest absolute Gasteiger partial charge is 0.339 e. The van der Waals surface area contributed by atoms with E-state index in [0.29, 0.717) is 0 Å². The van der Waals surface area contributed by atoms with Gasteiger partial charge in [0, 0.05) is 16.5 Å². The van der Waals surface area contributed by atoms with E-state index in [4.69, 9.17) is 26.2 Å². The molecule has 1 aromatic heterocycles. The van der Waals surface area contributed by atoms with Crippen molar-refractivity contribution in [2.45, 2.75) is 6.61 Å². The molecular weight excluding hydrogens is 290 g/mol. The molecule has 0 unspecified atom stereocenters. The number of aromatic nitrogens is 1. The predicted octanol–water partition coefficient (Wildman–Crippen LogP) is 3.08. The zero-order chi connectivity index (χ0) is 13.8. The zero-order valence-corrected chi connectivity index (χ0v) is 11.5. The summed E-state index contributed by atoms with van der Waals surface area (Å²) in [4.78, 5) is 15.3. The molecule has 0 aliphatic heterocycles. The summed E-state index contributed by atoms with van der Waals surface area (Å²) < 4.78 is 10.6. The van der Waals surface area contributed by atoms with Crippen molar-refractivity contribution in [1.82, 2.24) is 4.98 Å². The standard InChI is InChI=1S/C12H10ClNO4S/c1-17-10-3-7(13)2-9(12(15)16)11(10)18-4-8-5-19-6-14-8/h2-3,5-6H,4H2,1H3,(H,15,16). The molecule has 0 aliphatic carbocycles. The Kier molecular flexibility index (Phi) is 4.24. The van der Waals surface area contributed by atoms with E-state index in [1.807, 2.05) is 5.38 Å². The minimum Gasteiger partial charge on any atom is -0.493 e. The van der Waals surface area contributed by atoms with Gasteiger partial charge in [-0.3, -0.25) is 0 Å². The van der Waals surface area contributed by atoms with Gasteiger partial charge in [-0.2, -0.15) is 0 Å². The number of thiazole rings is 1. The Labute approximate surface area is 118 Å². The third-order valence-electron chi connectivity index (χ3n) is 2.32. The van der Waals surface area contributed by atoms with Crippen molar-refractivity contribution in [2.24, 2.45) is 0 Å². The molecule has 1 heterocycles. The quantitative estimate of drug-likeness (QED) is 0.919. The average molecular weight is 300 g/mol. The molecule has 0 aliphatic rings. The molecule has 2 aromatic rings. The summed E-state index contributed by atoms with van der Waals surface area (Å²) in [6, 6.07) is 2.83. The maximum absolute atomic E-state index is 11.2. The van der Waals surface area contributed by atoms with E-state index in [-0.39, 0.29) is 28.7 Å². The Morgan fingerprint density at radius 1 is 1.53 bits per heavy atom. The first-order valence-electron chi connectivity index (χ1n) is 5.22. The maximum atomic E-state index is 11.2. The van der Waals surface area contributed by atoms with E-state index in [1.54, 1.807) is 5.51 Å². The number of benzene rings is 1. The van der Waals surface area contributed by atoms with Crippen LogP contribution >= 0.6 is 22.9 Å². The molecule has 19 heavy (non-hydrogen) atoms. The Morgan fingerprint density at radius 3 is 2.89 bits per heavy atom. The first-order valence-corrected chi connectivity index (χ1v) is 6.54. The highest BCUT2D eigenvalue weighted by Gasteiger charge is 2.18. The van der Waals surface area contributed by atoms with E-state index in [2.05, 4.69) is 4.98 Å². The van der Waals surface area contributed by atoms with Crippen LogP contribution in [0, 0.1) is 0 Å². The van der Waals surface area contributed by atoms with Gasteiger partial charge in [-0.25, -0.2) is 9.78 Å². The Balaban J connectivity index is 2.33. The van der Waals surface area contributed by atoms with Crippen LogP contribution < -0.4 is 9.47 Å². The second-order valence-electron chi connectivity index (χ2n) is 3.56. The molecule has 7 heteroatoms. The molecule has 0 saturated heterocycles. The molecule has 5 nitrogen and oxygen atoms in total. The number of hydrogen-bond acceptors (Lipinski definition) is 5. The zero-order valence-electron chi connectivity index (χ0n) is 9.92. The third-order valence-corrected chi connectivity index (χ3v) is 3.17. The van der Waals surface area contributed by atoms with Gasteiger partial charge in [-0.1, -0.05) is 11.6 Å². The number of carboxylic acid groups (broad SMARTS) is 1. The van der Waals surface area contributed by atoms with Crippen LogP contribution in [0.5, 0.6) is 11.5 Å². The maximum Gasteiger partial charge on any atom is 0.339 e. The second-order valence-corrected chi connectivity index (χ2v) is 4.71. The molecule has 0 saturated carbocycles. The number of carbonyl (C=O) groups is 1. The molecular formula is C12H10ClNO4S. The average Bonchev–Trinajstić information content (AvgIpc) is 2.89. The van der Waals surface area contributed by atoms with Gasteiger partial charge in [-0.05, 0) is 6.07 Å². The van der Waals surface area contributed by atoms with E-state index < -0.39 is 5.97 Å². The van der Waals surface area contributed by atoms with Crippen molar-refractivity contribution in [2.75, 3.05) is 7.11 Å². The SMILES string of the molecule is COc1cc(Cl)cc(C(=O)O)c1OCc1cscn1. The third kappa shape index (κ3) is 3.15. The van der Waals surface area contributed by atoms with Gasteiger partial charge < -0.3 is 14.6 Å². The summed E-state index contributed by atoms with van der Waals surface area (Å²) in [6.45, 7) is 0.168. The van der Waals surface area contributed by atoms with Crippen LogP contribution in [-0.2, 0) is 6.61 Å². The predicted molar refractivity (Wildman–Crippen MR) is 71.4 cm³/mol. The van der Waals surface area contributed by atoms with Crippen molar-refractivity contribution in [3.8, 4) is 11.5 Å². The van der Waals surface area contributed by atoms with Crippen LogP contribution in [-0.4, -0.2) is 23.2 Å². The highest BCUT2D eigenvalue weighted by molar-refractivity contribution is 7.07. The number of aromatic carboxylic acids is 1. The number of nitrogens with zero attached hydrogens (tertiary/aromatic N) is 1. The van der Waals surface area contributed by atoms with Crippen molar-refractivity contribution in [3.05, 3.63) is 39.3 Å². The van der Waals surface area contributed by atoms with Crippen LogP contribution in [0.4, 0.5) is 0 Å². The number of rotatable bonds is 5. The Bertz CT molecular complexity index is 586. The Morgan fingerprint density at radius 2 is 2.32 bits per heavy atom. The van der Waals surface area contributed by atoms with Gasteiger partial charge in [-0.15, -0.1) is 11.3 Å². The van der Waals surface area contributed by atoms with Crippen molar-refractivity contribution >= 4 is 28.9 Å². The van der Waals surface area contributed by atoms with Crippen molar-refractivity contribution in [3.63, 3.8) is 0 Å². The first-order chi connectivity index (χ1) is 9.11. The highest BCUT2D eigenvalue weighted by atomic mass is 35.5. The van der Waals surface area contributed by atoms with Gasteiger partial charge in [0.2, 0.25) is 0 Å². The molecule has 0 fully saturated rings. The van der Waals surface area contributed by atoms with Crippen molar-refractivity contribution in [1.29, 1.82) is 0 Å². The number of ether oxygens (including phenoxy) is 2. The summed E-state index contributed by atoms with van der Waals surface area (Å²) in [5.74, 6) is -0.707. The van der Waals surface area contributed by atoms with E-state index in [9.17, 15) is 4.79 Å². The topological polar surface area (TPSA) is 68.7 Å². The lowest BCUT2D eigenvalue weighted by Crippen LogP contribution is -2.05. The van der Waals surface area contributed by atoms with E-state index in [1.165, 1.54) is 30.6 Å². The molecule has 1 aromatic carbocycles. The molecule has 0 spiro atoms. The molecule has 0 amide bonds. The summed E-state index contributed by atoms with van der Waals surface area (Å²) in [6.07, 6.45) is 0. The second kappa shape index (κ2) is 5.90. The van der Waals surface area contributed by atoms with Gasteiger partial charge in [0.05, 0.1) is 18.3 Å². The summed E-state index contributed by atoms with van der Waals surface area (Å²) in [5, 5.41) is 11.3. The number of methoxy groups -OCH3 is 1. The monoisotopic (exact) mass is 299 g/mol. The lowest BCUT2D eigenvalue weighted by atomic mass is 10.2. The molecule has 100 valence electrons. The number of carboxylic acids is 1. The van der Waals surface area contributed by atoms with Gasteiger partial charge in [0.25, 0.3) is 0 Å². The lowest BCUT2D eigenvalue weighted by Gasteiger charge is -2.13. The van der Waals surface area contributed by atoms with Gasteiger partial charge in [0.1, 0.15) is 12.2 Å². The fourth-order valence-corrected chi connectivity index (χ4v) is 2.23. The molecule has 0 radical (unpaired) electrons. The lowest BCUT2D eigenvalue weighted by molar-refractivity contribution is 0.0690. The van der Waals surface area contributed by atoms with E-state index in [0.717, 1.165) is 5.69 Å². The summed E-state index contributed by atoms with van der Waals surface area (Å²) >= 11 is 7.27. The van der Waals surface area contributed by atoms with Crippen LogP contribution in [0.1, 0.15) is 16.1 Å². The van der Waals surface area contributed by atoms with E-state index >= 15 is 0 Å². The van der Waals surface area contributed by atoms with Gasteiger partial charge in [0.15, 0.2) is 11.5 Å². The molecule has 0 bridgehead atoms. The van der Waals surface area contributed by atoms with Crippen molar-refractivity contribution < 1.29 is 19.4 Å². The first kappa shape index (κ1) is 13.6. The fraction of sp³-hybridized carbons (Fsp3) is 0.167. The summed E-state index contributed by atoms with van der Waals surface area (Å²) in [7, 11) is 1.42. The van der Waals surface area contributed by atoms with Crippen LogP contribution in [0.25, 0.3) is 0 Å². The van der Waals surface area contributed by atoms with Crippen LogP contribution in [0.15, 0.2) is 23.0 Å². The fourth-order valence-electron chi connectivity index (χ4n) is 1.48. The minimum absolute atomic E-state index is 0.0421. The normalized spacial score (nSPS) is 10.2. The molecule has 1 N–H and O–H groups in total. The number of hydrogen-bond donors (Lipinski definition) is 1. The summed E-state index contributed by atoms with van der Waals surface area (Å²) in [5.41, 5.74) is 2.36. The van der Waals surface area contributed by atoms with Crippen LogP contribution in [0.3, 0.4) is 0 Å². The molecule has 2 rings (SSSR count).